The molecule has 7 heteroatoms. The Morgan fingerprint density at radius 3 is 2.38 bits per heavy atom. The van der Waals surface area contributed by atoms with Crippen LogP contribution in [0.1, 0.15) is 43.1 Å². The molecule has 1 aromatic carbocycles. The molecule has 1 amide bonds. The van der Waals surface area contributed by atoms with E-state index < -0.39 is 20.8 Å². The number of rotatable bonds is 5. The van der Waals surface area contributed by atoms with E-state index in [1.165, 1.54) is 6.92 Å². The number of hydrogen-bond acceptors (Lipinski definition) is 3. The van der Waals surface area contributed by atoms with Crippen molar-refractivity contribution in [2.24, 2.45) is 0 Å². The van der Waals surface area contributed by atoms with Gasteiger partial charge < -0.3 is 4.90 Å². The zero-order chi connectivity index (χ0) is 16.4. The third kappa shape index (κ3) is 3.95. The van der Waals surface area contributed by atoms with E-state index in [0.29, 0.717) is 6.54 Å². The van der Waals surface area contributed by atoms with Gasteiger partial charge in [0, 0.05) is 28.8 Å². The molecule has 0 aliphatic rings. The Hall–Kier alpha value is -1.14. The van der Waals surface area contributed by atoms with Crippen LogP contribution in [0, 0.1) is 12.7 Å². The summed E-state index contributed by atoms with van der Waals surface area (Å²) in [6.07, 6.45) is 0.745. The molecule has 0 radical (unpaired) electrons. The molecule has 1 atom stereocenters. The Labute approximate surface area is 129 Å². The monoisotopic (exact) mass is 335 g/mol. The van der Waals surface area contributed by atoms with Gasteiger partial charge in [0.2, 0.25) is 0 Å². The summed E-state index contributed by atoms with van der Waals surface area (Å²) in [5.41, 5.74) is 0.189. The fraction of sp³-hybridized carbons (Fsp3) is 0.500. The van der Waals surface area contributed by atoms with E-state index in [4.69, 9.17) is 10.7 Å². The van der Waals surface area contributed by atoms with Crippen LogP contribution in [0.3, 0.4) is 0 Å². The number of amides is 1. The fourth-order valence-electron chi connectivity index (χ4n) is 2.16. The van der Waals surface area contributed by atoms with Gasteiger partial charge in [0.05, 0.1) is 4.90 Å². The molecule has 118 valence electrons. The Morgan fingerprint density at radius 2 is 1.95 bits per heavy atom. The third-order valence-corrected chi connectivity index (χ3v) is 4.99. The molecular weight excluding hydrogens is 317 g/mol. The number of halogens is 2. The first-order valence-corrected chi connectivity index (χ1v) is 9.00. The number of carbonyl (C=O) groups excluding carboxylic acids is 1. The summed E-state index contributed by atoms with van der Waals surface area (Å²) in [7, 11) is 1.19. The Morgan fingerprint density at radius 1 is 1.38 bits per heavy atom. The predicted molar refractivity (Wildman–Crippen MR) is 80.6 cm³/mol. The van der Waals surface area contributed by atoms with Crippen LogP contribution < -0.4 is 0 Å². The van der Waals surface area contributed by atoms with Crippen LogP contribution in [0.2, 0.25) is 0 Å². The van der Waals surface area contributed by atoms with Gasteiger partial charge in [-0.25, -0.2) is 12.8 Å². The lowest BCUT2D eigenvalue weighted by atomic mass is 10.1. The highest BCUT2D eigenvalue weighted by molar-refractivity contribution is 8.13. The second-order valence-electron chi connectivity index (χ2n) is 4.86. The highest BCUT2D eigenvalue weighted by Crippen LogP contribution is 2.25. The van der Waals surface area contributed by atoms with Crippen LogP contribution >= 0.6 is 10.7 Å². The van der Waals surface area contributed by atoms with Crippen molar-refractivity contribution in [3.05, 3.63) is 29.1 Å². The minimum atomic E-state index is -4.11. The first-order valence-electron chi connectivity index (χ1n) is 6.69. The van der Waals surface area contributed by atoms with Crippen molar-refractivity contribution in [3.63, 3.8) is 0 Å². The third-order valence-electron chi connectivity index (χ3n) is 3.54. The standard InChI is InChI=1S/C14H19ClFNO3S/c1-5-9(3)17(6-2)14(18)12-7-11(16)8-13(10(12)4)21(15,19)20/h7-9H,5-6H2,1-4H3. The minimum absolute atomic E-state index is 0.0244. The first-order chi connectivity index (χ1) is 9.63. The largest absolute Gasteiger partial charge is 0.336 e. The lowest BCUT2D eigenvalue weighted by molar-refractivity contribution is 0.0698. The summed E-state index contributed by atoms with van der Waals surface area (Å²) in [5, 5.41) is 0. The summed E-state index contributed by atoms with van der Waals surface area (Å²) in [6, 6.07) is 1.85. The van der Waals surface area contributed by atoms with Gasteiger partial charge in [0.1, 0.15) is 5.82 Å². The minimum Gasteiger partial charge on any atom is -0.336 e. The second kappa shape index (κ2) is 6.75. The highest BCUT2D eigenvalue weighted by Gasteiger charge is 2.25. The van der Waals surface area contributed by atoms with Gasteiger partial charge in [0.25, 0.3) is 15.0 Å². The molecular formula is C14H19ClFNO3S. The van der Waals surface area contributed by atoms with Crippen molar-refractivity contribution in [2.45, 2.75) is 45.1 Å². The van der Waals surface area contributed by atoms with E-state index in [0.717, 1.165) is 18.6 Å². The van der Waals surface area contributed by atoms with Gasteiger partial charge in [-0.05, 0) is 44.9 Å². The van der Waals surface area contributed by atoms with Crippen LogP contribution in [0.15, 0.2) is 17.0 Å². The molecule has 1 aromatic rings. The molecule has 0 N–H and O–H groups in total. The average molecular weight is 336 g/mol. The Bertz CT molecular complexity index is 646. The summed E-state index contributed by atoms with van der Waals surface area (Å²) in [6.45, 7) is 7.54. The van der Waals surface area contributed by atoms with Gasteiger partial charge in [-0.15, -0.1) is 0 Å². The van der Waals surface area contributed by atoms with Gasteiger partial charge in [-0.2, -0.15) is 0 Å². The Balaban J connectivity index is 3.44. The highest BCUT2D eigenvalue weighted by atomic mass is 35.7. The van der Waals surface area contributed by atoms with E-state index in [1.54, 1.807) is 4.90 Å². The maximum Gasteiger partial charge on any atom is 0.261 e. The first kappa shape index (κ1) is 17.9. The van der Waals surface area contributed by atoms with E-state index in [9.17, 15) is 17.6 Å². The molecule has 0 aliphatic heterocycles. The number of hydrogen-bond donors (Lipinski definition) is 0. The van der Waals surface area contributed by atoms with Crippen LogP contribution in [-0.2, 0) is 9.05 Å². The molecule has 0 aliphatic carbocycles. The van der Waals surface area contributed by atoms with Crippen LogP contribution in [0.25, 0.3) is 0 Å². The molecule has 0 saturated carbocycles. The summed E-state index contributed by atoms with van der Waals surface area (Å²) < 4.78 is 36.6. The van der Waals surface area contributed by atoms with Crippen LogP contribution in [0.5, 0.6) is 0 Å². The zero-order valence-corrected chi connectivity index (χ0v) is 14.1. The Kier molecular flexibility index (Phi) is 5.75. The summed E-state index contributed by atoms with van der Waals surface area (Å²) in [5.74, 6) is -1.20. The molecule has 0 aromatic heterocycles. The number of benzene rings is 1. The van der Waals surface area contributed by atoms with E-state index >= 15 is 0 Å². The SMILES string of the molecule is CCC(C)N(CC)C(=O)c1cc(F)cc(S(=O)(=O)Cl)c1C. The molecule has 1 rings (SSSR count). The van der Waals surface area contributed by atoms with E-state index in [2.05, 4.69) is 0 Å². The van der Waals surface area contributed by atoms with Gasteiger partial charge in [-0.1, -0.05) is 6.92 Å². The number of nitrogens with zero attached hydrogens (tertiary/aromatic N) is 1. The smallest absolute Gasteiger partial charge is 0.261 e. The van der Waals surface area contributed by atoms with Gasteiger partial charge in [-0.3, -0.25) is 4.79 Å². The second-order valence-corrected chi connectivity index (χ2v) is 7.40. The molecule has 0 saturated heterocycles. The maximum atomic E-state index is 13.7. The number of carbonyl (C=O) groups is 1. The van der Waals surface area contributed by atoms with Crippen molar-refractivity contribution in [1.29, 1.82) is 0 Å². The summed E-state index contributed by atoms with van der Waals surface area (Å²) in [4.78, 5) is 13.8. The normalized spacial score (nSPS) is 13.0. The van der Waals surface area contributed by atoms with E-state index in [-0.39, 0.29) is 22.1 Å². The van der Waals surface area contributed by atoms with Crippen LogP contribution in [0.4, 0.5) is 4.39 Å². The van der Waals surface area contributed by atoms with Crippen molar-refractivity contribution < 1.29 is 17.6 Å². The molecule has 0 spiro atoms. The topological polar surface area (TPSA) is 54.5 Å². The van der Waals surface area contributed by atoms with Crippen molar-refractivity contribution >= 4 is 25.6 Å². The molecule has 21 heavy (non-hydrogen) atoms. The average Bonchev–Trinajstić information content (AvgIpc) is 2.40. The lowest BCUT2D eigenvalue weighted by Crippen LogP contribution is -2.38. The van der Waals surface area contributed by atoms with E-state index in [1.807, 2.05) is 20.8 Å². The van der Waals surface area contributed by atoms with Crippen molar-refractivity contribution in [2.75, 3.05) is 6.54 Å². The molecule has 0 heterocycles. The molecule has 0 fully saturated rings. The molecule has 1 unspecified atom stereocenters. The van der Waals surface area contributed by atoms with Gasteiger partial charge >= 0.3 is 0 Å². The van der Waals surface area contributed by atoms with Crippen LogP contribution in [-0.4, -0.2) is 31.8 Å². The molecule has 0 bridgehead atoms. The predicted octanol–water partition coefficient (Wildman–Crippen LogP) is 3.32. The molecule has 4 nitrogen and oxygen atoms in total. The zero-order valence-electron chi connectivity index (χ0n) is 12.5. The fourth-order valence-corrected chi connectivity index (χ4v) is 3.37. The van der Waals surface area contributed by atoms with Gasteiger partial charge in [0.15, 0.2) is 0 Å². The van der Waals surface area contributed by atoms with Crippen molar-refractivity contribution in [3.8, 4) is 0 Å². The quantitative estimate of drug-likeness (QED) is 0.776. The summed E-state index contributed by atoms with van der Waals surface area (Å²) >= 11 is 0. The lowest BCUT2D eigenvalue weighted by Gasteiger charge is -2.28. The van der Waals surface area contributed by atoms with Crippen molar-refractivity contribution in [1.82, 2.24) is 4.90 Å². The maximum absolute atomic E-state index is 13.7.